The Labute approximate surface area is 175 Å². The van der Waals surface area contributed by atoms with Gasteiger partial charge in [-0.1, -0.05) is 16.8 Å². The number of hydrogen-bond acceptors (Lipinski definition) is 6. The number of benzene rings is 2. The van der Waals surface area contributed by atoms with Crippen LogP contribution in [0.3, 0.4) is 0 Å². The van der Waals surface area contributed by atoms with E-state index in [4.69, 9.17) is 16.1 Å². The minimum atomic E-state index is -3.84. The van der Waals surface area contributed by atoms with Gasteiger partial charge in [0, 0.05) is 16.0 Å². The van der Waals surface area contributed by atoms with Gasteiger partial charge in [0.15, 0.2) is 0 Å². The zero-order chi connectivity index (χ0) is 20.6. The molecule has 0 fully saturated rings. The molecular weight excluding hydrogens is 437 g/mol. The number of hydrogen-bond donors (Lipinski definition) is 1. The number of aryl methyl sites for hydroxylation is 1. The molecule has 2 heterocycles. The third-order valence-corrected chi connectivity index (χ3v) is 7.11. The summed E-state index contributed by atoms with van der Waals surface area (Å²) in [5.41, 5.74) is 2.00. The van der Waals surface area contributed by atoms with Crippen molar-refractivity contribution in [2.24, 2.45) is 0 Å². The predicted octanol–water partition coefficient (Wildman–Crippen LogP) is 5.37. The largest absolute Gasteiger partial charge is 0.334 e. The first-order valence-electron chi connectivity index (χ1n) is 8.29. The zero-order valence-corrected chi connectivity index (χ0v) is 17.3. The summed E-state index contributed by atoms with van der Waals surface area (Å²) in [6.45, 7) is 1.62. The summed E-state index contributed by atoms with van der Waals surface area (Å²) in [7, 11) is -3.84. The molecule has 0 spiro atoms. The summed E-state index contributed by atoms with van der Waals surface area (Å²) in [6.07, 6.45) is 0. The molecule has 0 aliphatic carbocycles. The number of rotatable bonds is 5. The highest BCUT2D eigenvalue weighted by Crippen LogP contribution is 2.31. The molecular formula is C19H13ClFN3O3S2. The highest BCUT2D eigenvalue weighted by molar-refractivity contribution is 7.94. The molecule has 0 atom stereocenters. The summed E-state index contributed by atoms with van der Waals surface area (Å²) in [5.74, 6) is 0.134. The van der Waals surface area contributed by atoms with E-state index in [1.165, 1.54) is 24.3 Å². The average Bonchev–Trinajstić information content (AvgIpc) is 3.34. The van der Waals surface area contributed by atoms with E-state index in [-0.39, 0.29) is 10.1 Å². The van der Waals surface area contributed by atoms with Crippen LogP contribution in [0.1, 0.15) is 5.56 Å². The van der Waals surface area contributed by atoms with Crippen LogP contribution in [0, 0.1) is 12.7 Å². The zero-order valence-electron chi connectivity index (χ0n) is 14.9. The highest BCUT2D eigenvalue weighted by Gasteiger charge is 2.21. The van der Waals surface area contributed by atoms with Gasteiger partial charge in [0.1, 0.15) is 10.0 Å². The minimum absolute atomic E-state index is 0.0717. The smallest absolute Gasteiger partial charge is 0.271 e. The van der Waals surface area contributed by atoms with Crippen LogP contribution >= 0.6 is 22.9 Å². The van der Waals surface area contributed by atoms with E-state index in [0.29, 0.717) is 27.7 Å². The van der Waals surface area contributed by atoms with Gasteiger partial charge >= 0.3 is 0 Å². The van der Waals surface area contributed by atoms with Crippen molar-refractivity contribution in [3.63, 3.8) is 0 Å². The molecule has 2 aromatic carbocycles. The lowest BCUT2D eigenvalue weighted by Crippen LogP contribution is -2.12. The number of anilines is 1. The number of aromatic nitrogens is 2. The van der Waals surface area contributed by atoms with Crippen LogP contribution in [0.4, 0.5) is 10.1 Å². The van der Waals surface area contributed by atoms with E-state index in [9.17, 15) is 12.8 Å². The van der Waals surface area contributed by atoms with E-state index in [2.05, 4.69) is 14.9 Å². The predicted molar refractivity (Wildman–Crippen MR) is 110 cm³/mol. The molecule has 29 heavy (non-hydrogen) atoms. The molecule has 0 bridgehead atoms. The van der Waals surface area contributed by atoms with Crippen LogP contribution in [-0.2, 0) is 10.0 Å². The topological polar surface area (TPSA) is 85.1 Å². The van der Waals surface area contributed by atoms with E-state index in [1.54, 1.807) is 36.6 Å². The van der Waals surface area contributed by atoms with E-state index < -0.39 is 15.8 Å². The minimum Gasteiger partial charge on any atom is -0.334 e. The van der Waals surface area contributed by atoms with E-state index in [0.717, 1.165) is 16.9 Å². The summed E-state index contributed by atoms with van der Waals surface area (Å²) in [4.78, 5) is 4.31. The molecule has 0 unspecified atom stereocenters. The van der Waals surface area contributed by atoms with Gasteiger partial charge in [-0.3, -0.25) is 4.72 Å². The van der Waals surface area contributed by atoms with Crippen molar-refractivity contribution in [2.75, 3.05) is 4.72 Å². The number of thiophene rings is 1. The molecule has 10 heteroatoms. The van der Waals surface area contributed by atoms with Gasteiger partial charge in [0.05, 0.1) is 11.3 Å². The Balaban J connectivity index is 1.58. The van der Waals surface area contributed by atoms with Gasteiger partial charge < -0.3 is 4.52 Å². The summed E-state index contributed by atoms with van der Waals surface area (Å²) in [6, 6.07) is 12.2. The van der Waals surface area contributed by atoms with Gasteiger partial charge in [-0.25, -0.2) is 12.8 Å². The molecule has 6 nitrogen and oxygen atoms in total. The molecule has 1 N–H and O–H groups in total. The van der Waals surface area contributed by atoms with Gasteiger partial charge in [-0.2, -0.15) is 4.98 Å². The second kappa shape index (κ2) is 7.58. The van der Waals surface area contributed by atoms with Gasteiger partial charge in [0.2, 0.25) is 5.82 Å². The van der Waals surface area contributed by atoms with Gasteiger partial charge in [0.25, 0.3) is 15.9 Å². The van der Waals surface area contributed by atoms with Gasteiger partial charge in [-0.15, -0.1) is 11.3 Å². The van der Waals surface area contributed by atoms with E-state index in [1.807, 2.05) is 0 Å². The Bertz CT molecular complexity index is 1280. The molecule has 4 rings (SSSR count). The Morgan fingerprint density at radius 3 is 2.59 bits per heavy atom. The summed E-state index contributed by atoms with van der Waals surface area (Å²) in [5, 5.41) is 6.13. The SMILES string of the molecule is Cc1cc(F)ccc1NS(=O)(=O)c1cc(-c2nc(-c3ccc(Cl)cc3)no2)cs1. The van der Waals surface area contributed by atoms with Crippen molar-refractivity contribution in [1.29, 1.82) is 0 Å². The van der Waals surface area contributed by atoms with Crippen LogP contribution in [0.5, 0.6) is 0 Å². The lowest BCUT2D eigenvalue weighted by Gasteiger charge is -2.09. The molecule has 0 aliphatic rings. The number of nitrogens with one attached hydrogen (secondary N) is 1. The maximum absolute atomic E-state index is 13.2. The first-order chi connectivity index (χ1) is 13.8. The summed E-state index contributed by atoms with van der Waals surface area (Å²) >= 11 is 6.89. The van der Waals surface area contributed by atoms with Crippen LogP contribution in [0.25, 0.3) is 22.8 Å². The monoisotopic (exact) mass is 449 g/mol. The van der Waals surface area contributed by atoms with Crippen LogP contribution in [0.15, 0.2) is 62.6 Å². The fourth-order valence-electron chi connectivity index (χ4n) is 2.56. The molecule has 0 amide bonds. The fraction of sp³-hybridized carbons (Fsp3) is 0.0526. The second-order valence-electron chi connectivity index (χ2n) is 6.15. The van der Waals surface area contributed by atoms with Crippen LogP contribution in [-0.4, -0.2) is 18.6 Å². The van der Waals surface area contributed by atoms with Crippen molar-refractivity contribution in [3.8, 4) is 22.8 Å². The van der Waals surface area contributed by atoms with Crippen molar-refractivity contribution < 1.29 is 17.3 Å². The summed E-state index contributed by atoms with van der Waals surface area (Å²) < 4.78 is 46.4. The van der Waals surface area contributed by atoms with E-state index >= 15 is 0 Å². The molecule has 2 aromatic heterocycles. The average molecular weight is 450 g/mol. The van der Waals surface area contributed by atoms with Crippen molar-refractivity contribution in [3.05, 3.63) is 70.3 Å². The lowest BCUT2D eigenvalue weighted by molar-refractivity contribution is 0.432. The maximum Gasteiger partial charge on any atom is 0.271 e. The maximum atomic E-state index is 13.2. The van der Waals surface area contributed by atoms with Crippen molar-refractivity contribution in [1.82, 2.24) is 10.1 Å². The first kappa shape index (κ1) is 19.6. The number of halogens is 2. The van der Waals surface area contributed by atoms with Crippen LogP contribution in [0.2, 0.25) is 5.02 Å². The molecule has 0 saturated carbocycles. The lowest BCUT2D eigenvalue weighted by atomic mass is 10.2. The Kier molecular flexibility index (Phi) is 5.12. The number of sulfonamides is 1. The van der Waals surface area contributed by atoms with Crippen LogP contribution < -0.4 is 4.72 Å². The Morgan fingerprint density at radius 1 is 1.10 bits per heavy atom. The quantitative estimate of drug-likeness (QED) is 0.443. The standard InChI is InChI=1S/C19H13ClFN3O3S2/c1-11-8-15(21)6-7-16(11)24-29(25,26)17-9-13(10-28-17)19-22-18(23-27-19)12-2-4-14(20)5-3-12/h2-10,24H,1H3. The molecule has 4 aromatic rings. The molecule has 0 saturated heterocycles. The molecule has 148 valence electrons. The molecule has 0 radical (unpaired) electrons. The first-order valence-corrected chi connectivity index (χ1v) is 11.0. The Hall–Kier alpha value is -2.75. The Morgan fingerprint density at radius 2 is 1.86 bits per heavy atom. The van der Waals surface area contributed by atoms with Crippen molar-refractivity contribution in [2.45, 2.75) is 11.1 Å². The normalized spacial score (nSPS) is 11.6. The third-order valence-electron chi connectivity index (χ3n) is 4.05. The van der Waals surface area contributed by atoms with Crippen molar-refractivity contribution >= 4 is 38.6 Å². The third kappa shape index (κ3) is 4.16. The van der Waals surface area contributed by atoms with Gasteiger partial charge in [-0.05, 0) is 61.0 Å². The molecule has 0 aliphatic heterocycles. The fourth-order valence-corrected chi connectivity index (χ4v) is 4.97. The second-order valence-corrected chi connectivity index (χ2v) is 9.41. The number of nitrogens with zero attached hydrogens (tertiary/aromatic N) is 2. The highest BCUT2D eigenvalue weighted by atomic mass is 35.5.